The molecule has 10 nitrogen and oxygen atoms in total. The van der Waals surface area contributed by atoms with E-state index in [1.54, 1.807) is 24.3 Å². The van der Waals surface area contributed by atoms with Crippen LogP contribution in [0.4, 0.5) is 10.2 Å². The van der Waals surface area contributed by atoms with E-state index < -0.39 is 32.7 Å². The van der Waals surface area contributed by atoms with Crippen molar-refractivity contribution in [1.82, 2.24) is 15.2 Å². The van der Waals surface area contributed by atoms with E-state index in [4.69, 9.17) is 11.6 Å². The summed E-state index contributed by atoms with van der Waals surface area (Å²) in [5, 5.41) is 12.0. The molecule has 3 rings (SSSR count). The number of aromatic hydroxyl groups is 1. The number of rotatable bonds is 13. The standard InChI is InChI=1S/C29H33ClFN5O5S/c1-5-6-14-35(19(2)16-33-17-37)28(32-3)20-15-21(30)27(26-22(31)10-9-12-24(26)39)34-29(20)36(18-38)23-11-7-8-13-25(23)42(4,40)41/h5,7-13,15,17-19,23,25,39H,1,6,14,16H2,2-4H3,(H,33,37)/b32-28+. The number of nitrogens with zero attached hydrogens (tertiary/aromatic N) is 4. The van der Waals surface area contributed by atoms with E-state index in [1.165, 1.54) is 31.3 Å². The Kier molecular flexibility index (Phi) is 11.0. The van der Waals surface area contributed by atoms with Crippen molar-refractivity contribution in [1.29, 1.82) is 0 Å². The summed E-state index contributed by atoms with van der Waals surface area (Å²) in [5.41, 5.74) is -0.207. The lowest BCUT2D eigenvalue weighted by molar-refractivity contribution is -0.110. The molecule has 224 valence electrons. The number of halogens is 2. The highest BCUT2D eigenvalue weighted by molar-refractivity contribution is 7.91. The maximum atomic E-state index is 15.0. The fraction of sp³-hybridized carbons (Fsp3) is 0.310. The summed E-state index contributed by atoms with van der Waals surface area (Å²) in [5.74, 6) is -0.976. The third kappa shape index (κ3) is 7.05. The Hall–Kier alpha value is -4.03. The van der Waals surface area contributed by atoms with Crippen LogP contribution in [0.15, 0.2) is 66.2 Å². The molecule has 13 heteroatoms. The summed E-state index contributed by atoms with van der Waals surface area (Å²) >= 11 is 6.67. The Morgan fingerprint density at radius 2 is 2.02 bits per heavy atom. The van der Waals surface area contributed by atoms with Gasteiger partial charge in [0.1, 0.15) is 28.5 Å². The number of anilines is 1. The van der Waals surface area contributed by atoms with Gasteiger partial charge in [0, 0.05) is 32.4 Å². The molecule has 42 heavy (non-hydrogen) atoms. The van der Waals surface area contributed by atoms with Gasteiger partial charge in [0.05, 0.1) is 27.9 Å². The summed E-state index contributed by atoms with van der Waals surface area (Å²) in [7, 11) is -2.17. The molecule has 0 radical (unpaired) electrons. The molecule has 0 spiro atoms. The molecule has 1 aromatic heterocycles. The van der Waals surface area contributed by atoms with Crippen molar-refractivity contribution in [3.05, 3.63) is 77.6 Å². The van der Waals surface area contributed by atoms with Crippen LogP contribution in [0.5, 0.6) is 5.75 Å². The maximum absolute atomic E-state index is 15.0. The van der Waals surface area contributed by atoms with Gasteiger partial charge in [-0.3, -0.25) is 19.5 Å². The predicted octanol–water partition coefficient (Wildman–Crippen LogP) is 3.51. The number of aliphatic imine (C=N–C) groups is 1. The van der Waals surface area contributed by atoms with E-state index in [0.29, 0.717) is 31.6 Å². The number of sulfone groups is 1. The third-order valence-corrected chi connectivity index (χ3v) is 8.46. The summed E-state index contributed by atoms with van der Waals surface area (Å²) in [4.78, 5) is 35.9. The quantitative estimate of drug-likeness (QED) is 0.152. The monoisotopic (exact) mass is 617 g/mol. The fourth-order valence-electron chi connectivity index (χ4n) is 4.74. The van der Waals surface area contributed by atoms with Crippen LogP contribution in [0.25, 0.3) is 11.3 Å². The first-order chi connectivity index (χ1) is 20.0. The van der Waals surface area contributed by atoms with Gasteiger partial charge in [-0.15, -0.1) is 6.58 Å². The van der Waals surface area contributed by atoms with Crippen LogP contribution in [0, 0.1) is 5.82 Å². The van der Waals surface area contributed by atoms with Gasteiger partial charge in [-0.1, -0.05) is 48.0 Å². The number of allylic oxidation sites excluding steroid dienone is 2. The number of phenols is 1. The smallest absolute Gasteiger partial charge is 0.215 e. The molecule has 0 saturated carbocycles. The first-order valence-electron chi connectivity index (χ1n) is 13.0. The number of carbonyl (C=O) groups is 2. The van der Waals surface area contributed by atoms with E-state index in [-0.39, 0.29) is 40.2 Å². The van der Waals surface area contributed by atoms with Crippen molar-refractivity contribution in [3.63, 3.8) is 0 Å². The van der Waals surface area contributed by atoms with Crippen molar-refractivity contribution in [2.75, 3.05) is 31.3 Å². The van der Waals surface area contributed by atoms with Gasteiger partial charge in [0.2, 0.25) is 12.8 Å². The second-order valence-corrected chi connectivity index (χ2v) is 12.2. The third-order valence-electron chi connectivity index (χ3n) is 6.74. The van der Waals surface area contributed by atoms with Crippen molar-refractivity contribution >= 4 is 45.9 Å². The topological polar surface area (TPSA) is 132 Å². The van der Waals surface area contributed by atoms with Crippen LogP contribution in [0.1, 0.15) is 18.9 Å². The van der Waals surface area contributed by atoms with Crippen molar-refractivity contribution in [2.45, 2.75) is 30.7 Å². The van der Waals surface area contributed by atoms with Gasteiger partial charge in [0.25, 0.3) is 0 Å². The minimum atomic E-state index is -3.70. The maximum Gasteiger partial charge on any atom is 0.215 e. The Labute approximate surface area is 249 Å². The normalized spacial score (nSPS) is 17.4. The second-order valence-electron chi connectivity index (χ2n) is 9.58. The zero-order valence-corrected chi connectivity index (χ0v) is 25.0. The molecule has 3 unspecified atom stereocenters. The van der Waals surface area contributed by atoms with Gasteiger partial charge in [-0.25, -0.2) is 17.8 Å². The molecule has 2 N–H and O–H groups in total. The van der Waals surface area contributed by atoms with E-state index in [2.05, 4.69) is 21.9 Å². The van der Waals surface area contributed by atoms with E-state index in [9.17, 15) is 23.1 Å². The van der Waals surface area contributed by atoms with Crippen LogP contribution in [-0.2, 0) is 19.4 Å². The summed E-state index contributed by atoms with van der Waals surface area (Å²) < 4.78 is 40.5. The number of phenolic OH excluding ortho intramolecular Hbond substituents is 1. The first-order valence-corrected chi connectivity index (χ1v) is 15.3. The number of carbonyl (C=O) groups excluding carboxylic acids is 2. The highest BCUT2D eigenvalue weighted by Gasteiger charge is 2.36. The Morgan fingerprint density at radius 3 is 2.62 bits per heavy atom. The summed E-state index contributed by atoms with van der Waals surface area (Å²) in [6.45, 7) is 6.30. The average Bonchev–Trinajstić information content (AvgIpc) is 2.95. The SMILES string of the molecule is C=CCCN(/C(=N/C)c1cc(Cl)c(-c2c(O)cccc2F)nc1N(C=O)C1C=CC=CC1S(C)(=O)=O)C(C)CNC=O. The van der Waals surface area contributed by atoms with E-state index in [0.717, 1.165) is 17.2 Å². The van der Waals surface area contributed by atoms with Gasteiger partial charge in [-0.05, 0) is 31.5 Å². The number of benzene rings is 1. The van der Waals surface area contributed by atoms with Gasteiger partial charge in [0.15, 0.2) is 9.84 Å². The van der Waals surface area contributed by atoms with E-state index >= 15 is 4.39 Å². The summed E-state index contributed by atoms with van der Waals surface area (Å²) in [6, 6.07) is 3.84. The van der Waals surface area contributed by atoms with Crippen molar-refractivity contribution in [3.8, 4) is 17.0 Å². The van der Waals surface area contributed by atoms with Crippen LogP contribution in [0.2, 0.25) is 5.02 Å². The lowest BCUT2D eigenvalue weighted by Gasteiger charge is -2.36. The number of amidine groups is 1. The molecule has 1 aromatic carbocycles. The Balaban J connectivity index is 2.36. The number of amides is 2. The fourth-order valence-corrected chi connectivity index (χ4v) is 6.09. The number of hydrogen-bond acceptors (Lipinski definition) is 7. The molecular formula is C29H33ClFN5O5S. The lowest BCUT2D eigenvalue weighted by atomic mass is 10.0. The van der Waals surface area contributed by atoms with Crippen LogP contribution in [0.3, 0.4) is 0 Å². The number of pyridine rings is 1. The molecular weight excluding hydrogens is 585 g/mol. The average molecular weight is 618 g/mol. The molecule has 2 amide bonds. The second kappa shape index (κ2) is 14.2. The van der Waals surface area contributed by atoms with Gasteiger partial charge in [-0.2, -0.15) is 0 Å². The molecule has 0 fully saturated rings. The molecule has 1 aliphatic carbocycles. The van der Waals surface area contributed by atoms with Gasteiger partial charge >= 0.3 is 0 Å². The number of nitrogens with one attached hydrogen (secondary N) is 1. The Morgan fingerprint density at radius 1 is 1.31 bits per heavy atom. The predicted molar refractivity (Wildman–Crippen MR) is 163 cm³/mol. The molecule has 1 aliphatic rings. The molecule has 2 aromatic rings. The minimum absolute atomic E-state index is 0.0535. The van der Waals surface area contributed by atoms with Crippen molar-refractivity contribution in [2.24, 2.45) is 4.99 Å². The van der Waals surface area contributed by atoms with Crippen LogP contribution < -0.4 is 10.2 Å². The largest absolute Gasteiger partial charge is 0.507 e. The lowest BCUT2D eigenvalue weighted by Crippen LogP contribution is -2.48. The summed E-state index contributed by atoms with van der Waals surface area (Å²) in [6.07, 6.45) is 10.5. The molecule has 1 heterocycles. The molecule has 0 saturated heterocycles. The Bertz CT molecular complexity index is 1510. The van der Waals surface area contributed by atoms with Crippen LogP contribution >= 0.6 is 11.6 Å². The molecule has 0 bridgehead atoms. The van der Waals surface area contributed by atoms with Crippen LogP contribution in [-0.4, -0.2) is 85.8 Å². The number of hydrogen-bond donors (Lipinski definition) is 2. The molecule has 3 atom stereocenters. The van der Waals surface area contributed by atoms with Crippen molar-refractivity contribution < 1.29 is 27.5 Å². The molecule has 0 aliphatic heterocycles. The van der Waals surface area contributed by atoms with Gasteiger partial charge < -0.3 is 15.3 Å². The first kappa shape index (κ1) is 32.5. The zero-order chi connectivity index (χ0) is 31.0. The number of aromatic nitrogens is 1. The highest BCUT2D eigenvalue weighted by atomic mass is 35.5. The zero-order valence-electron chi connectivity index (χ0n) is 23.4. The highest BCUT2D eigenvalue weighted by Crippen LogP contribution is 2.39. The minimum Gasteiger partial charge on any atom is -0.507 e. The van der Waals surface area contributed by atoms with E-state index in [1.807, 2.05) is 11.8 Å².